The van der Waals surface area contributed by atoms with Gasteiger partial charge in [-0.3, -0.25) is 4.79 Å². The highest BCUT2D eigenvalue weighted by Gasteiger charge is 2.32. The number of allylic oxidation sites excluding steroid dienone is 3. The first kappa shape index (κ1) is 15.1. The molecule has 0 amide bonds. The van der Waals surface area contributed by atoms with Gasteiger partial charge in [0.25, 0.3) is 0 Å². The van der Waals surface area contributed by atoms with Crippen LogP contribution in [-0.4, -0.2) is 35.8 Å². The van der Waals surface area contributed by atoms with Gasteiger partial charge in [-0.05, 0) is 24.5 Å². The molecule has 0 aromatic carbocycles. The fourth-order valence-corrected chi connectivity index (χ4v) is 3.84. The highest BCUT2D eigenvalue weighted by Crippen LogP contribution is 2.40. The van der Waals surface area contributed by atoms with Crippen LogP contribution in [0, 0.1) is 5.92 Å². The SMILES string of the molecule is COC1C=CC(C2=C(C(=O)O)SCC2)=C(C(C)=O)C1C. The molecule has 0 aromatic rings. The van der Waals surface area contributed by atoms with Gasteiger partial charge in [-0.2, -0.15) is 0 Å². The maximum atomic E-state index is 12.0. The van der Waals surface area contributed by atoms with Gasteiger partial charge in [0.2, 0.25) is 0 Å². The first-order valence-electron chi connectivity index (χ1n) is 6.53. The van der Waals surface area contributed by atoms with E-state index >= 15 is 0 Å². The van der Waals surface area contributed by atoms with Gasteiger partial charge < -0.3 is 9.84 Å². The van der Waals surface area contributed by atoms with Crippen LogP contribution in [0.2, 0.25) is 0 Å². The molecule has 0 radical (unpaired) electrons. The monoisotopic (exact) mass is 294 g/mol. The number of carboxylic acids is 1. The Morgan fingerprint density at radius 2 is 2.15 bits per heavy atom. The molecule has 1 heterocycles. The number of hydrogen-bond donors (Lipinski definition) is 1. The van der Waals surface area contributed by atoms with Crippen molar-refractivity contribution in [2.45, 2.75) is 26.4 Å². The molecule has 4 nitrogen and oxygen atoms in total. The molecule has 5 heteroatoms. The van der Waals surface area contributed by atoms with Crippen LogP contribution in [0.3, 0.4) is 0 Å². The smallest absolute Gasteiger partial charge is 0.342 e. The van der Waals surface area contributed by atoms with Crippen molar-refractivity contribution >= 4 is 23.5 Å². The third-order valence-corrected chi connectivity index (χ3v) is 4.85. The van der Waals surface area contributed by atoms with Crippen LogP contribution in [0.4, 0.5) is 0 Å². The van der Waals surface area contributed by atoms with Crippen molar-refractivity contribution in [1.29, 1.82) is 0 Å². The summed E-state index contributed by atoms with van der Waals surface area (Å²) in [5.74, 6) is -0.242. The summed E-state index contributed by atoms with van der Waals surface area (Å²) >= 11 is 1.34. The standard InChI is InChI=1S/C15H18O4S/c1-8-12(19-3)5-4-10(13(8)9(2)16)11-6-7-20-14(11)15(17)18/h4-5,8,12H,6-7H2,1-3H3,(H,17,18). The lowest BCUT2D eigenvalue weighted by molar-refractivity contribution is -0.131. The Morgan fingerprint density at radius 3 is 2.70 bits per heavy atom. The molecular weight excluding hydrogens is 276 g/mol. The van der Waals surface area contributed by atoms with Crippen molar-refractivity contribution in [2.24, 2.45) is 5.92 Å². The molecule has 0 saturated heterocycles. The number of methoxy groups -OCH3 is 1. The molecule has 1 aliphatic carbocycles. The normalized spacial score (nSPS) is 26.4. The van der Waals surface area contributed by atoms with Crippen LogP contribution in [0.1, 0.15) is 20.3 Å². The number of rotatable bonds is 4. The summed E-state index contributed by atoms with van der Waals surface area (Å²) in [7, 11) is 1.61. The van der Waals surface area contributed by atoms with E-state index in [2.05, 4.69) is 0 Å². The molecule has 20 heavy (non-hydrogen) atoms. The Morgan fingerprint density at radius 1 is 1.45 bits per heavy atom. The first-order valence-corrected chi connectivity index (χ1v) is 7.51. The molecule has 108 valence electrons. The topological polar surface area (TPSA) is 63.6 Å². The van der Waals surface area contributed by atoms with Gasteiger partial charge in [0.05, 0.1) is 11.0 Å². The van der Waals surface area contributed by atoms with Crippen molar-refractivity contribution in [1.82, 2.24) is 0 Å². The molecule has 2 atom stereocenters. The lowest BCUT2D eigenvalue weighted by Crippen LogP contribution is -2.27. The van der Waals surface area contributed by atoms with Crippen LogP contribution in [0.15, 0.2) is 33.8 Å². The average Bonchev–Trinajstić information content (AvgIpc) is 2.86. The van der Waals surface area contributed by atoms with Crippen molar-refractivity contribution < 1.29 is 19.4 Å². The molecule has 0 spiro atoms. The average molecular weight is 294 g/mol. The van der Waals surface area contributed by atoms with Crippen molar-refractivity contribution in [3.05, 3.63) is 33.8 Å². The molecule has 2 unspecified atom stereocenters. The lowest BCUT2D eigenvalue weighted by Gasteiger charge is -2.28. The largest absolute Gasteiger partial charge is 0.477 e. The van der Waals surface area contributed by atoms with Gasteiger partial charge in [-0.15, -0.1) is 11.8 Å². The number of aliphatic carboxylic acids is 1. The summed E-state index contributed by atoms with van der Waals surface area (Å²) in [6, 6.07) is 0. The number of carbonyl (C=O) groups is 2. The Balaban J connectivity index is 2.55. The zero-order chi connectivity index (χ0) is 14.9. The third kappa shape index (κ3) is 2.60. The molecule has 0 bridgehead atoms. The predicted octanol–water partition coefficient (Wildman–Crippen LogP) is 2.57. The van der Waals surface area contributed by atoms with E-state index in [9.17, 15) is 14.7 Å². The quantitative estimate of drug-likeness (QED) is 0.863. The first-order chi connectivity index (χ1) is 9.47. The number of carbonyl (C=O) groups excluding carboxylic acids is 1. The van der Waals surface area contributed by atoms with Gasteiger partial charge in [-0.25, -0.2) is 4.79 Å². The lowest BCUT2D eigenvalue weighted by atomic mass is 9.81. The van der Waals surface area contributed by atoms with Crippen molar-refractivity contribution in [3.63, 3.8) is 0 Å². The highest BCUT2D eigenvalue weighted by atomic mass is 32.2. The van der Waals surface area contributed by atoms with Crippen molar-refractivity contribution in [2.75, 3.05) is 12.9 Å². The van der Waals surface area contributed by atoms with Crippen LogP contribution >= 0.6 is 11.8 Å². The van der Waals surface area contributed by atoms with Gasteiger partial charge in [0.1, 0.15) is 0 Å². The minimum Gasteiger partial charge on any atom is -0.477 e. The number of ketones is 1. The summed E-state index contributed by atoms with van der Waals surface area (Å²) in [4.78, 5) is 23.7. The molecule has 0 saturated carbocycles. The molecule has 1 aliphatic heterocycles. The maximum Gasteiger partial charge on any atom is 0.342 e. The van der Waals surface area contributed by atoms with E-state index < -0.39 is 5.97 Å². The molecule has 2 rings (SSSR count). The second kappa shape index (κ2) is 5.97. The fourth-order valence-electron chi connectivity index (χ4n) is 2.82. The van der Waals surface area contributed by atoms with Gasteiger partial charge in [0, 0.05) is 24.4 Å². The number of carboxylic acid groups (broad SMARTS) is 1. The van der Waals surface area contributed by atoms with E-state index in [0.717, 1.165) is 16.9 Å². The molecule has 2 aliphatic rings. The number of ether oxygens (including phenoxy) is 1. The van der Waals surface area contributed by atoms with E-state index in [0.29, 0.717) is 16.9 Å². The Bertz CT molecular complexity index is 542. The van der Waals surface area contributed by atoms with E-state index in [4.69, 9.17) is 4.74 Å². The summed E-state index contributed by atoms with van der Waals surface area (Å²) in [6.45, 7) is 3.47. The van der Waals surface area contributed by atoms with Crippen LogP contribution < -0.4 is 0 Å². The van der Waals surface area contributed by atoms with Gasteiger partial charge >= 0.3 is 5.97 Å². The molecule has 0 fully saturated rings. The van der Waals surface area contributed by atoms with Gasteiger partial charge in [-0.1, -0.05) is 19.1 Å². The zero-order valence-electron chi connectivity index (χ0n) is 11.8. The summed E-state index contributed by atoms with van der Waals surface area (Å²) in [5.41, 5.74) is 2.24. The minimum absolute atomic E-state index is 0.0203. The van der Waals surface area contributed by atoms with Crippen molar-refractivity contribution in [3.8, 4) is 0 Å². The maximum absolute atomic E-state index is 12.0. The second-order valence-electron chi connectivity index (χ2n) is 4.94. The number of thioether (sulfide) groups is 1. The summed E-state index contributed by atoms with van der Waals surface area (Å²) in [6.07, 6.45) is 4.30. The van der Waals surface area contributed by atoms with E-state index in [1.807, 2.05) is 19.1 Å². The minimum atomic E-state index is -0.909. The van der Waals surface area contributed by atoms with E-state index in [-0.39, 0.29) is 17.8 Å². The third-order valence-electron chi connectivity index (χ3n) is 3.73. The van der Waals surface area contributed by atoms with Crippen LogP contribution in [-0.2, 0) is 14.3 Å². The molecule has 0 aromatic heterocycles. The number of Topliss-reactive ketones (excluding diaryl/α,β-unsaturated/α-hetero) is 1. The highest BCUT2D eigenvalue weighted by molar-refractivity contribution is 8.04. The van der Waals surface area contributed by atoms with E-state index in [1.165, 1.54) is 18.7 Å². The van der Waals surface area contributed by atoms with E-state index in [1.54, 1.807) is 7.11 Å². The predicted molar refractivity (Wildman–Crippen MR) is 78.5 cm³/mol. The Hall–Kier alpha value is -1.33. The second-order valence-corrected chi connectivity index (χ2v) is 6.05. The summed E-state index contributed by atoms with van der Waals surface area (Å²) < 4.78 is 5.36. The number of hydrogen-bond acceptors (Lipinski definition) is 4. The zero-order valence-corrected chi connectivity index (χ0v) is 12.6. The molecule has 1 N–H and O–H groups in total. The summed E-state index contributed by atoms with van der Waals surface area (Å²) in [5, 5.41) is 9.27. The van der Waals surface area contributed by atoms with Gasteiger partial charge in [0.15, 0.2) is 5.78 Å². The molecular formula is C15H18O4S. The Labute approximate surface area is 122 Å². The van der Waals surface area contributed by atoms with Crippen LogP contribution in [0.25, 0.3) is 0 Å². The fraction of sp³-hybridized carbons (Fsp3) is 0.467. The Kier molecular flexibility index (Phi) is 4.50. The van der Waals surface area contributed by atoms with Crippen LogP contribution in [0.5, 0.6) is 0 Å².